The largest absolute Gasteiger partial charge is 0.333 e. The first-order chi connectivity index (χ1) is 11.9. The Balaban J connectivity index is 2.29. The number of rotatable bonds is 6. The molecule has 2 rings (SSSR count). The Hall–Kier alpha value is -2.91. The average Bonchev–Trinajstić information content (AvgIpc) is 2.57. The van der Waals surface area contributed by atoms with Crippen LogP contribution in [0.4, 0.5) is 0 Å². The monoisotopic (exact) mass is 338 g/mol. The molecule has 6 heteroatoms. The first kappa shape index (κ1) is 18.4. The van der Waals surface area contributed by atoms with Crippen LogP contribution in [0.25, 0.3) is 0 Å². The molecule has 25 heavy (non-hydrogen) atoms. The van der Waals surface area contributed by atoms with Crippen molar-refractivity contribution in [3.05, 3.63) is 69.1 Å². The smallest absolute Gasteiger partial charge is 0.254 e. The van der Waals surface area contributed by atoms with Gasteiger partial charge in [-0.05, 0) is 44.8 Å². The maximum Gasteiger partial charge on any atom is 0.254 e. The summed E-state index contributed by atoms with van der Waals surface area (Å²) in [5.74, 6) is -0.196. The maximum absolute atomic E-state index is 12.9. The quantitative estimate of drug-likeness (QED) is 0.870. The number of aryl methyl sites for hydroxylation is 1. The Kier molecular flexibility index (Phi) is 6.09. The van der Waals surface area contributed by atoms with Crippen molar-refractivity contribution in [2.45, 2.75) is 13.5 Å². The standard InChI is InChI=1S/C19H22N4O2/c1-14-9-17(11-18(24)21-14)19(25)23(8-7-22(2)3)13-16-6-4-5-15(10-16)12-20/h4-6,9-11H,7-8,13H2,1-3H3,(H,21,24). The van der Waals surface area contributed by atoms with Gasteiger partial charge in [-0.1, -0.05) is 12.1 Å². The molecule has 0 bridgehead atoms. The molecule has 0 unspecified atom stereocenters. The van der Waals surface area contributed by atoms with Crippen molar-refractivity contribution in [3.63, 3.8) is 0 Å². The van der Waals surface area contributed by atoms with Crippen molar-refractivity contribution in [1.29, 1.82) is 5.26 Å². The van der Waals surface area contributed by atoms with Crippen molar-refractivity contribution in [1.82, 2.24) is 14.8 Å². The Morgan fingerprint density at radius 1 is 1.20 bits per heavy atom. The predicted octanol–water partition coefficient (Wildman–Crippen LogP) is 1.76. The molecule has 0 aliphatic carbocycles. The second-order valence-corrected chi connectivity index (χ2v) is 6.26. The molecule has 1 aromatic heterocycles. The third kappa shape index (κ3) is 5.30. The van der Waals surface area contributed by atoms with E-state index in [2.05, 4.69) is 11.1 Å². The van der Waals surface area contributed by atoms with E-state index in [1.165, 1.54) is 6.07 Å². The number of amides is 1. The summed E-state index contributed by atoms with van der Waals surface area (Å²) in [4.78, 5) is 30.9. The number of likely N-dealkylation sites (N-methyl/N-ethyl adjacent to an activating group) is 1. The summed E-state index contributed by atoms with van der Waals surface area (Å²) in [5.41, 5.74) is 2.17. The summed E-state index contributed by atoms with van der Waals surface area (Å²) in [7, 11) is 3.88. The van der Waals surface area contributed by atoms with Gasteiger partial charge in [-0.15, -0.1) is 0 Å². The van der Waals surface area contributed by atoms with E-state index >= 15 is 0 Å². The van der Waals surface area contributed by atoms with Crippen LogP contribution in [-0.2, 0) is 6.54 Å². The lowest BCUT2D eigenvalue weighted by molar-refractivity contribution is 0.0731. The highest BCUT2D eigenvalue weighted by Gasteiger charge is 2.17. The third-order valence-electron chi connectivity index (χ3n) is 3.76. The van der Waals surface area contributed by atoms with Crippen LogP contribution < -0.4 is 5.56 Å². The van der Waals surface area contributed by atoms with E-state index in [9.17, 15) is 9.59 Å². The fourth-order valence-corrected chi connectivity index (χ4v) is 2.52. The van der Waals surface area contributed by atoms with Crippen molar-refractivity contribution < 1.29 is 4.79 Å². The lowest BCUT2D eigenvalue weighted by atomic mass is 10.1. The fourth-order valence-electron chi connectivity index (χ4n) is 2.52. The van der Waals surface area contributed by atoms with Crippen LogP contribution in [0.15, 0.2) is 41.2 Å². The number of pyridine rings is 1. The Labute approximate surface area is 147 Å². The van der Waals surface area contributed by atoms with E-state index in [0.29, 0.717) is 36.5 Å². The van der Waals surface area contributed by atoms with Gasteiger partial charge in [0.1, 0.15) is 0 Å². The molecule has 2 aromatic rings. The van der Waals surface area contributed by atoms with Gasteiger partial charge in [0, 0.05) is 37.0 Å². The highest BCUT2D eigenvalue weighted by Crippen LogP contribution is 2.11. The summed E-state index contributed by atoms with van der Waals surface area (Å²) in [6, 6.07) is 12.3. The van der Waals surface area contributed by atoms with Gasteiger partial charge in [0.15, 0.2) is 0 Å². The number of nitrogens with one attached hydrogen (secondary N) is 1. The molecular weight excluding hydrogens is 316 g/mol. The molecule has 0 saturated heterocycles. The fraction of sp³-hybridized carbons (Fsp3) is 0.316. The van der Waals surface area contributed by atoms with Gasteiger partial charge in [0.25, 0.3) is 5.91 Å². The lowest BCUT2D eigenvalue weighted by Gasteiger charge is -2.25. The minimum atomic E-state index is -0.289. The van der Waals surface area contributed by atoms with E-state index in [1.54, 1.807) is 36.1 Å². The Morgan fingerprint density at radius 2 is 1.96 bits per heavy atom. The van der Waals surface area contributed by atoms with E-state index in [-0.39, 0.29) is 11.5 Å². The van der Waals surface area contributed by atoms with Gasteiger partial charge in [-0.25, -0.2) is 0 Å². The van der Waals surface area contributed by atoms with Gasteiger partial charge in [-0.3, -0.25) is 9.59 Å². The average molecular weight is 338 g/mol. The summed E-state index contributed by atoms with van der Waals surface area (Å²) in [6.07, 6.45) is 0. The number of nitriles is 1. The molecule has 1 N–H and O–H groups in total. The molecule has 0 atom stereocenters. The van der Waals surface area contributed by atoms with Crippen LogP contribution in [0.1, 0.15) is 27.2 Å². The van der Waals surface area contributed by atoms with E-state index in [0.717, 1.165) is 5.56 Å². The zero-order valence-electron chi connectivity index (χ0n) is 14.7. The van der Waals surface area contributed by atoms with Gasteiger partial charge < -0.3 is 14.8 Å². The van der Waals surface area contributed by atoms with Crippen LogP contribution >= 0.6 is 0 Å². The number of hydrogen-bond acceptors (Lipinski definition) is 4. The molecule has 0 aliphatic heterocycles. The first-order valence-electron chi connectivity index (χ1n) is 8.03. The zero-order chi connectivity index (χ0) is 18.4. The molecule has 1 aromatic carbocycles. The molecule has 0 fully saturated rings. The molecule has 130 valence electrons. The van der Waals surface area contributed by atoms with Crippen LogP contribution in [0, 0.1) is 18.3 Å². The number of aromatic amines is 1. The van der Waals surface area contributed by atoms with Gasteiger partial charge in [-0.2, -0.15) is 5.26 Å². The summed E-state index contributed by atoms with van der Waals surface area (Å²) >= 11 is 0. The number of carbonyl (C=O) groups excluding carboxylic acids is 1. The highest BCUT2D eigenvalue weighted by molar-refractivity contribution is 5.94. The van der Waals surface area contributed by atoms with Gasteiger partial charge in [0.05, 0.1) is 11.6 Å². The predicted molar refractivity (Wildman–Crippen MR) is 96.3 cm³/mol. The van der Waals surface area contributed by atoms with E-state index < -0.39 is 0 Å². The second kappa shape index (κ2) is 8.27. The molecule has 1 amide bonds. The van der Waals surface area contributed by atoms with Crippen LogP contribution in [0.3, 0.4) is 0 Å². The number of H-pyrrole nitrogens is 1. The molecule has 0 radical (unpaired) electrons. The molecule has 0 saturated carbocycles. The van der Waals surface area contributed by atoms with Crippen molar-refractivity contribution >= 4 is 5.91 Å². The minimum absolute atomic E-state index is 0.196. The molecular formula is C19H22N4O2. The van der Waals surface area contributed by atoms with Crippen LogP contribution in [-0.4, -0.2) is 47.9 Å². The van der Waals surface area contributed by atoms with E-state index in [1.807, 2.05) is 25.1 Å². The summed E-state index contributed by atoms with van der Waals surface area (Å²) in [6.45, 7) is 3.35. The summed E-state index contributed by atoms with van der Waals surface area (Å²) < 4.78 is 0. The SMILES string of the molecule is Cc1cc(C(=O)N(CCN(C)C)Cc2cccc(C#N)c2)cc(=O)[nH]1. The Morgan fingerprint density at radius 3 is 2.60 bits per heavy atom. The second-order valence-electron chi connectivity index (χ2n) is 6.26. The number of hydrogen-bond donors (Lipinski definition) is 1. The molecule has 6 nitrogen and oxygen atoms in total. The molecule has 0 aliphatic rings. The van der Waals surface area contributed by atoms with Gasteiger partial charge >= 0.3 is 0 Å². The lowest BCUT2D eigenvalue weighted by Crippen LogP contribution is -2.36. The number of aromatic nitrogens is 1. The van der Waals surface area contributed by atoms with Gasteiger partial charge in [0.2, 0.25) is 5.56 Å². The maximum atomic E-state index is 12.9. The number of benzene rings is 1. The third-order valence-corrected chi connectivity index (χ3v) is 3.76. The number of carbonyl (C=O) groups is 1. The van der Waals surface area contributed by atoms with Crippen molar-refractivity contribution in [2.75, 3.05) is 27.2 Å². The topological polar surface area (TPSA) is 80.2 Å². The minimum Gasteiger partial charge on any atom is -0.333 e. The first-order valence-corrected chi connectivity index (χ1v) is 8.03. The van der Waals surface area contributed by atoms with E-state index in [4.69, 9.17) is 5.26 Å². The summed E-state index contributed by atoms with van der Waals surface area (Å²) in [5, 5.41) is 9.05. The normalized spacial score (nSPS) is 10.5. The van der Waals surface area contributed by atoms with Crippen LogP contribution in [0.2, 0.25) is 0 Å². The number of nitrogens with zero attached hydrogens (tertiary/aromatic N) is 3. The Bertz CT molecular complexity index is 849. The van der Waals surface area contributed by atoms with Crippen molar-refractivity contribution in [2.24, 2.45) is 0 Å². The molecule has 0 spiro atoms. The molecule has 1 heterocycles. The zero-order valence-corrected chi connectivity index (χ0v) is 14.7. The van der Waals surface area contributed by atoms with Crippen LogP contribution in [0.5, 0.6) is 0 Å². The highest BCUT2D eigenvalue weighted by atomic mass is 16.2. The van der Waals surface area contributed by atoms with Crippen molar-refractivity contribution in [3.8, 4) is 6.07 Å².